The number of nitrogens with zero attached hydrogens (tertiary/aromatic N) is 3. The second-order valence-corrected chi connectivity index (χ2v) is 8.09. The van der Waals surface area contributed by atoms with Crippen LogP contribution in [0.1, 0.15) is 38.0 Å². The number of carbonyl (C=O) groups is 2. The molecule has 0 bridgehead atoms. The van der Waals surface area contributed by atoms with Gasteiger partial charge in [0.25, 0.3) is 0 Å². The van der Waals surface area contributed by atoms with Gasteiger partial charge in [0.05, 0.1) is 18.1 Å². The molecule has 1 aromatic carbocycles. The number of aromatic nitrogens is 3. The molecule has 2 aromatic heterocycles. The molecule has 0 aliphatic heterocycles. The molecule has 2 amide bonds. The maximum Gasteiger partial charge on any atom is 0.241 e. The standard InChI is InChI=1S/C22H24ClN5O3/c23-16-7-5-15(6-8-16)19-12-24-22(31-19)10-9-20(29)27-18-11-25-28(13-18)14-21(30)26-17-3-1-2-4-17/h5-8,11-13,17H,1-4,9-10,14H2,(H,26,30)(H,27,29). The topological polar surface area (TPSA) is 102 Å². The zero-order chi connectivity index (χ0) is 21.6. The van der Waals surface area contributed by atoms with E-state index in [2.05, 4.69) is 20.7 Å². The minimum Gasteiger partial charge on any atom is -0.441 e. The maximum absolute atomic E-state index is 12.3. The predicted molar refractivity (Wildman–Crippen MR) is 117 cm³/mol. The Labute approximate surface area is 185 Å². The van der Waals surface area contributed by atoms with Crippen molar-refractivity contribution in [2.75, 3.05) is 5.32 Å². The van der Waals surface area contributed by atoms with Crippen molar-refractivity contribution in [1.29, 1.82) is 0 Å². The Morgan fingerprint density at radius 2 is 1.90 bits per heavy atom. The monoisotopic (exact) mass is 441 g/mol. The van der Waals surface area contributed by atoms with Gasteiger partial charge in [0.15, 0.2) is 11.7 Å². The molecule has 1 saturated carbocycles. The van der Waals surface area contributed by atoms with Crippen molar-refractivity contribution in [2.24, 2.45) is 0 Å². The van der Waals surface area contributed by atoms with E-state index in [9.17, 15) is 9.59 Å². The van der Waals surface area contributed by atoms with Gasteiger partial charge < -0.3 is 15.1 Å². The number of rotatable bonds is 8. The summed E-state index contributed by atoms with van der Waals surface area (Å²) < 4.78 is 7.24. The van der Waals surface area contributed by atoms with Gasteiger partial charge in [0.1, 0.15) is 6.54 Å². The van der Waals surface area contributed by atoms with Crippen LogP contribution in [0.25, 0.3) is 11.3 Å². The van der Waals surface area contributed by atoms with Crippen molar-refractivity contribution < 1.29 is 14.0 Å². The number of anilines is 1. The van der Waals surface area contributed by atoms with Crippen LogP contribution in [0.4, 0.5) is 5.69 Å². The molecule has 3 aromatic rings. The fourth-order valence-corrected chi connectivity index (χ4v) is 3.75. The van der Waals surface area contributed by atoms with E-state index in [1.165, 1.54) is 23.7 Å². The van der Waals surface area contributed by atoms with Gasteiger partial charge in [-0.3, -0.25) is 14.3 Å². The van der Waals surface area contributed by atoms with Crippen LogP contribution < -0.4 is 10.6 Å². The summed E-state index contributed by atoms with van der Waals surface area (Å²) in [6.45, 7) is 0.135. The minimum absolute atomic E-state index is 0.0618. The smallest absolute Gasteiger partial charge is 0.241 e. The number of halogens is 1. The van der Waals surface area contributed by atoms with Crippen LogP contribution in [-0.4, -0.2) is 32.6 Å². The van der Waals surface area contributed by atoms with Crippen LogP contribution >= 0.6 is 11.6 Å². The summed E-state index contributed by atoms with van der Waals surface area (Å²) >= 11 is 5.90. The fourth-order valence-electron chi connectivity index (χ4n) is 3.62. The minimum atomic E-state index is -0.179. The number of benzene rings is 1. The lowest BCUT2D eigenvalue weighted by atomic mass is 10.2. The molecule has 162 valence electrons. The SMILES string of the molecule is O=C(CCc1ncc(-c2ccc(Cl)cc2)o1)Nc1cnn(CC(=O)NC2CCCC2)c1. The van der Waals surface area contributed by atoms with Crippen LogP contribution in [0.5, 0.6) is 0 Å². The summed E-state index contributed by atoms with van der Waals surface area (Å²) in [5.74, 6) is 0.873. The molecule has 0 unspecified atom stereocenters. The van der Waals surface area contributed by atoms with Crippen LogP contribution in [0.3, 0.4) is 0 Å². The molecule has 9 heteroatoms. The van der Waals surface area contributed by atoms with Gasteiger partial charge in [-0.1, -0.05) is 24.4 Å². The van der Waals surface area contributed by atoms with Crippen molar-refractivity contribution in [3.8, 4) is 11.3 Å². The average molecular weight is 442 g/mol. The number of oxazole rings is 1. The molecule has 2 N–H and O–H groups in total. The van der Waals surface area contributed by atoms with E-state index in [-0.39, 0.29) is 30.8 Å². The van der Waals surface area contributed by atoms with Crippen LogP contribution in [0.15, 0.2) is 47.3 Å². The van der Waals surface area contributed by atoms with Gasteiger partial charge in [-0.2, -0.15) is 5.10 Å². The van der Waals surface area contributed by atoms with E-state index in [1.54, 1.807) is 24.5 Å². The van der Waals surface area contributed by atoms with Crippen LogP contribution in [-0.2, 0) is 22.6 Å². The number of amides is 2. The Morgan fingerprint density at radius 3 is 2.68 bits per heavy atom. The number of nitrogens with one attached hydrogen (secondary N) is 2. The first kappa shape index (κ1) is 21.1. The first-order valence-corrected chi connectivity index (χ1v) is 10.8. The van der Waals surface area contributed by atoms with Crippen molar-refractivity contribution in [1.82, 2.24) is 20.1 Å². The highest BCUT2D eigenvalue weighted by atomic mass is 35.5. The molecule has 0 saturated heterocycles. The molecule has 2 heterocycles. The van der Waals surface area contributed by atoms with Crippen molar-refractivity contribution >= 4 is 29.1 Å². The molecule has 31 heavy (non-hydrogen) atoms. The first-order valence-electron chi connectivity index (χ1n) is 10.4. The molecule has 1 aliphatic rings. The zero-order valence-corrected chi connectivity index (χ0v) is 17.8. The quantitative estimate of drug-likeness (QED) is 0.553. The Kier molecular flexibility index (Phi) is 6.66. The van der Waals surface area contributed by atoms with Crippen molar-refractivity contribution in [2.45, 2.75) is 51.1 Å². The van der Waals surface area contributed by atoms with Gasteiger partial charge in [-0.05, 0) is 37.1 Å². The molecule has 8 nitrogen and oxygen atoms in total. The predicted octanol–water partition coefficient (Wildman–Crippen LogP) is 3.82. The molecule has 0 spiro atoms. The zero-order valence-electron chi connectivity index (χ0n) is 17.0. The van der Waals surface area contributed by atoms with E-state index in [1.807, 2.05) is 12.1 Å². The lowest BCUT2D eigenvalue weighted by molar-refractivity contribution is -0.122. The van der Waals surface area contributed by atoms with E-state index < -0.39 is 0 Å². The van der Waals surface area contributed by atoms with Gasteiger partial charge in [-0.15, -0.1) is 0 Å². The molecular formula is C22H24ClN5O3. The number of carbonyl (C=O) groups excluding carboxylic acids is 2. The van der Waals surface area contributed by atoms with E-state index >= 15 is 0 Å². The fraction of sp³-hybridized carbons (Fsp3) is 0.364. The Morgan fingerprint density at radius 1 is 1.13 bits per heavy atom. The summed E-state index contributed by atoms with van der Waals surface area (Å²) in [5.41, 5.74) is 1.42. The normalized spacial score (nSPS) is 14.0. The molecular weight excluding hydrogens is 418 g/mol. The van der Waals surface area contributed by atoms with Gasteiger partial charge in [-0.25, -0.2) is 4.98 Å². The van der Waals surface area contributed by atoms with Crippen molar-refractivity contribution in [3.63, 3.8) is 0 Å². The lowest BCUT2D eigenvalue weighted by Crippen LogP contribution is -2.35. The van der Waals surface area contributed by atoms with Gasteiger partial charge in [0, 0.05) is 35.7 Å². The summed E-state index contributed by atoms with van der Waals surface area (Å²) in [5, 5.41) is 10.6. The second kappa shape index (κ2) is 9.78. The molecule has 0 radical (unpaired) electrons. The van der Waals surface area contributed by atoms with Crippen LogP contribution in [0, 0.1) is 0 Å². The summed E-state index contributed by atoms with van der Waals surface area (Å²) in [6, 6.07) is 7.55. The summed E-state index contributed by atoms with van der Waals surface area (Å²) in [6.07, 6.45) is 9.82. The highest BCUT2D eigenvalue weighted by Crippen LogP contribution is 2.23. The number of aryl methyl sites for hydroxylation is 1. The average Bonchev–Trinajstić information content (AvgIpc) is 3.50. The highest BCUT2D eigenvalue weighted by Gasteiger charge is 2.17. The van der Waals surface area contributed by atoms with Gasteiger partial charge >= 0.3 is 0 Å². The maximum atomic E-state index is 12.3. The summed E-state index contributed by atoms with van der Waals surface area (Å²) in [7, 11) is 0. The lowest BCUT2D eigenvalue weighted by Gasteiger charge is -2.11. The third-order valence-corrected chi connectivity index (χ3v) is 5.44. The van der Waals surface area contributed by atoms with E-state index in [0.29, 0.717) is 28.8 Å². The highest BCUT2D eigenvalue weighted by molar-refractivity contribution is 6.30. The van der Waals surface area contributed by atoms with Gasteiger partial charge in [0.2, 0.25) is 11.8 Å². The first-order chi connectivity index (χ1) is 15.0. The number of hydrogen-bond donors (Lipinski definition) is 2. The van der Waals surface area contributed by atoms with Crippen LogP contribution in [0.2, 0.25) is 5.02 Å². The molecule has 1 aliphatic carbocycles. The second-order valence-electron chi connectivity index (χ2n) is 7.65. The Balaban J connectivity index is 1.23. The Hall–Kier alpha value is -3.13. The Bertz CT molecular complexity index is 1040. The third-order valence-electron chi connectivity index (χ3n) is 5.19. The largest absolute Gasteiger partial charge is 0.441 e. The van der Waals surface area contributed by atoms with E-state index in [0.717, 1.165) is 18.4 Å². The van der Waals surface area contributed by atoms with E-state index in [4.69, 9.17) is 16.0 Å². The third kappa shape index (κ3) is 5.95. The van der Waals surface area contributed by atoms with Crippen molar-refractivity contribution in [3.05, 3.63) is 53.8 Å². The molecule has 1 fully saturated rings. The summed E-state index contributed by atoms with van der Waals surface area (Å²) in [4.78, 5) is 28.6. The molecule has 4 rings (SSSR count). The number of hydrogen-bond acceptors (Lipinski definition) is 5. The molecule has 0 atom stereocenters.